The van der Waals surface area contributed by atoms with Crippen molar-refractivity contribution in [2.75, 3.05) is 13.7 Å². The lowest BCUT2D eigenvalue weighted by Gasteiger charge is -2.25. The topological polar surface area (TPSA) is 90.1 Å². The molecule has 0 amide bonds. The Kier molecular flexibility index (Phi) is 5.96. The maximum atomic E-state index is 13.5. The second kappa shape index (κ2) is 8.84. The molecule has 0 aliphatic carbocycles. The number of benzene rings is 2. The van der Waals surface area contributed by atoms with Crippen LogP contribution in [0.2, 0.25) is 0 Å². The second-order valence-corrected chi connectivity index (χ2v) is 8.15. The Morgan fingerprint density at radius 3 is 2.75 bits per heavy atom. The minimum Gasteiger partial charge on any atom is -0.508 e. The summed E-state index contributed by atoms with van der Waals surface area (Å²) in [6, 6.07) is 13.2. The summed E-state index contributed by atoms with van der Waals surface area (Å²) in [6.45, 7) is 3.67. The number of thiazole rings is 1. The van der Waals surface area contributed by atoms with E-state index in [0.717, 1.165) is 0 Å². The number of hydrogen-bond donors (Lipinski definition) is 1. The molecule has 3 aromatic rings. The molecule has 1 aliphatic rings. The monoisotopic (exact) mass is 450 g/mol. The Labute approximate surface area is 188 Å². The van der Waals surface area contributed by atoms with Crippen LogP contribution in [0.3, 0.4) is 0 Å². The van der Waals surface area contributed by atoms with Crippen molar-refractivity contribution in [3.63, 3.8) is 0 Å². The molecule has 1 N–H and O–H groups in total. The lowest BCUT2D eigenvalue weighted by molar-refractivity contribution is -0.139. The summed E-state index contributed by atoms with van der Waals surface area (Å²) < 4.78 is 12.8. The fourth-order valence-electron chi connectivity index (χ4n) is 3.74. The van der Waals surface area contributed by atoms with Gasteiger partial charge in [-0.3, -0.25) is 9.36 Å². The zero-order chi connectivity index (χ0) is 22.8. The molecule has 4 rings (SSSR count). The molecule has 2 heterocycles. The van der Waals surface area contributed by atoms with Gasteiger partial charge in [-0.1, -0.05) is 41.7 Å². The lowest BCUT2D eigenvalue weighted by Crippen LogP contribution is -2.40. The summed E-state index contributed by atoms with van der Waals surface area (Å²) in [6.07, 6.45) is 1.70. The van der Waals surface area contributed by atoms with Crippen molar-refractivity contribution < 1.29 is 19.4 Å². The highest BCUT2D eigenvalue weighted by atomic mass is 32.1. The number of para-hydroxylation sites is 1. The lowest BCUT2D eigenvalue weighted by atomic mass is 9.95. The van der Waals surface area contributed by atoms with E-state index >= 15 is 0 Å². The van der Waals surface area contributed by atoms with Crippen LogP contribution in [-0.2, 0) is 9.53 Å². The van der Waals surface area contributed by atoms with Crippen molar-refractivity contribution in [1.29, 1.82) is 0 Å². The number of fused-ring (bicyclic) bond motifs is 1. The molecule has 1 atom stereocenters. The van der Waals surface area contributed by atoms with Gasteiger partial charge in [0.15, 0.2) is 4.80 Å². The molecule has 0 fully saturated rings. The zero-order valence-corrected chi connectivity index (χ0v) is 18.7. The van der Waals surface area contributed by atoms with Gasteiger partial charge >= 0.3 is 5.97 Å². The number of methoxy groups -OCH3 is 1. The third-order valence-electron chi connectivity index (χ3n) is 5.12. The van der Waals surface area contributed by atoms with Crippen molar-refractivity contribution in [2.45, 2.75) is 19.9 Å². The average molecular weight is 451 g/mol. The average Bonchev–Trinajstić information content (AvgIpc) is 3.07. The van der Waals surface area contributed by atoms with E-state index in [9.17, 15) is 14.7 Å². The minimum absolute atomic E-state index is 0.110. The highest BCUT2D eigenvalue weighted by Gasteiger charge is 2.34. The van der Waals surface area contributed by atoms with Crippen molar-refractivity contribution >= 4 is 23.4 Å². The van der Waals surface area contributed by atoms with E-state index in [1.165, 1.54) is 15.9 Å². The van der Waals surface area contributed by atoms with Gasteiger partial charge in [0.2, 0.25) is 0 Å². The Morgan fingerprint density at radius 2 is 2.03 bits per heavy atom. The highest BCUT2D eigenvalue weighted by molar-refractivity contribution is 7.07. The van der Waals surface area contributed by atoms with E-state index in [1.807, 2.05) is 18.2 Å². The normalized spacial score (nSPS) is 15.8. The van der Waals surface area contributed by atoms with Crippen LogP contribution in [0.15, 0.2) is 69.6 Å². The smallest absolute Gasteiger partial charge is 0.338 e. The van der Waals surface area contributed by atoms with Crippen LogP contribution >= 0.6 is 11.3 Å². The summed E-state index contributed by atoms with van der Waals surface area (Å²) in [5.74, 6) is 0.141. The van der Waals surface area contributed by atoms with E-state index < -0.39 is 12.0 Å². The van der Waals surface area contributed by atoms with Gasteiger partial charge in [0.05, 0.1) is 29.5 Å². The van der Waals surface area contributed by atoms with Gasteiger partial charge in [-0.05, 0) is 43.7 Å². The van der Waals surface area contributed by atoms with E-state index in [1.54, 1.807) is 57.4 Å². The number of phenols is 1. The van der Waals surface area contributed by atoms with Gasteiger partial charge in [0, 0.05) is 5.56 Å². The molecule has 32 heavy (non-hydrogen) atoms. The summed E-state index contributed by atoms with van der Waals surface area (Å²) >= 11 is 1.22. The van der Waals surface area contributed by atoms with Crippen LogP contribution in [0.1, 0.15) is 31.0 Å². The Balaban J connectivity index is 2.00. The van der Waals surface area contributed by atoms with Crippen LogP contribution in [-0.4, -0.2) is 29.4 Å². The Bertz CT molecular complexity index is 1400. The summed E-state index contributed by atoms with van der Waals surface area (Å²) in [5, 5.41) is 9.76. The van der Waals surface area contributed by atoms with Gasteiger partial charge in [0.1, 0.15) is 17.5 Å². The first-order chi connectivity index (χ1) is 15.4. The quantitative estimate of drug-likeness (QED) is 0.604. The number of nitrogens with zero attached hydrogens (tertiary/aromatic N) is 2. The molecule has 0 bridgehead atoms. The van der Waals surface area contributed by atoms with Crippen molar-refractivity contribution in [3.05, 3.63) is 90.6 Å². The number of ether oxygens (including phenoxy) is 2. The number of rotatable bonds is 5. The molecule has 0 spiro atoms. The van der Waals surface area contributed by atoms with Crippen LogP contribution in [0.5, 0.6) is 11.5 Å². The molecule has 2 aromatic carbocycles. The SMILES string of the molecule is CCOC(=O)C1=C(C)N=c2s/c(=C/c3cccc(O)c3)c(=O)n2C1c1ccccc1OC. The first-order valence-electron chi connectivity index (χ1n) is 10.1. The van der Waals surface area contributed by atoms with Gasteiger partial charge in [-0.25, -0.2) is 9.79 Å². The van der Waals surface area contributed by atoms with Crippen molar-refractivity contribution in [3.8, 4) is 11.5 Å². The van der Waals surface area contributed by atoms with Crippen molar-refractivity contribution in [2.24, 2.45) is 4.99 Å². The Hall–Kier alpha value is -3.65. The molecule has 0 saturated carbocycles. The predicted octanol–water partition coefficient (Wildman–Crippen LogP) is 2.51. The number of aromatic hydroxyl groups is 1. The maximum absolute atomic E-state index is 13.5. The van der Waals surface area contributed by atoms with Crippen molar-refractivity contribution in [1.82, 2.24) is 4.57 Å². The molecule has 7 nitrogen and oxygen atoms in total. The third kappa shape index (κ3) is 3.85. The Morgan fingerprint density at radius 1 is 1.25 bits per heavy atom. The number of carbonyl (C=O) groups excluding carboxylic acids is 1. The zero-order valence-electron chi connectivity index (χ0n) is 17.9. The summed E-state index contributed by atoms with van der Waals surface area (Å²) in [7, 11) is 1.55. The van der Waals surface area contributed by atoms with Gasteiger partial charge < -0.3 is 14.6 Å². The highest BCUT2D eigenvalue weighted by Crippen LogP contribution is 2.35. The number of carbonyl (C=O) groups is 1. The first-order valence-corrected chi connectivity index (χ1v) is 10.9. The summed E-state index contributed by atoms with van der Waals surface area (Å²) in [4.78, 5) is 31.5. The number of aromatic nitrogens is 1. The maximum Gasteiger partial charge on any atom is 0.338 e. The van der Waals surface area contributed by atoms with Crippen LogP contribution in [0, 0.1) is 0 Å². The fourth-order valence-corrected chi connectivity index (χ4v) is 4.79. The van der Waals surface area contributed by atoms with Gasteiger partial charge in [-0.2, -0.15) is 0 Å². The fraction of sp³-hybridized carbons (Fsp3) is 0.208. The molecular weight excluding hydrogens is 428 g/mol. The van der Waals surface area contributed by atoms with Crippen LogP contribution in [0.4, 0.5) is 0 Å². The molecule has 0 saturated heterocycles. The van der Waals surface area contributed by atoms with E-state index in [0.29, 0.717) is 37.5 Å². The van der Waals surface area contributed by atoms with Gasteiger partial charge in [-0.15, -0.1) is 0 Å². The molecule has 8 heteroatoms. The summed E-state index contributed by atoms with van der Waals surface area (Å²) in [5.41, 5.74) is 1.85. The van der Waals surface area contributed by atoms with Crippen LogP contribution in [0.25, 0.3) is 6.08 Å². The number of esters is 1. The molecule has 1 aliphatic heterocycles. The molecular formula is C24H22N2O5S. The number of phenolic OH excluding ortho intramolecular Hbond substituents is 1. The number of hydrogen-bond acceptors (Lipinski definition) is 7. The molecule has 1 aromatic heterocycles. The van der Waals surface area contributed by atoms with E-state index in [4.69, 9.17) is 9.47 Å². The standard InChI is InChI=1S/C24H22N2O5S/c1-4-31-23(29)20-14(2)25-24-26(21(20)17-10-5-6-11-18(17)30-3)22(28)19(32-24)13-15-8-7-9-16(27)12-15/h5-13,21,27H,4H2,1-3H3/b19-13+. The first kappa shape index (κ1) is 21.6. The van der Waals surface area contributed by atoms with E-state index in [2.05, 4.69) is 4.99 Å². The molecule has 164 valence electrons. The predicted molar refractivity (Wildman–Crippen MR) is 121 cm³/mol. The van der Waals surface area contributed by atoms with Crippen LogP contribution < -0.4 is 19.6 Å². The number of allylic oxidation sites excluding steroid dienone is 1. The second-order valence-electron chi connectivity index (χ2n) is 7.14. The largest absolute Gasteiger partial charge is 0.508 e. The molecule has 0 radical (unpaired) electrons. The van der Waals surface area contributed by atoms with Gasteiger partial charge in [0.25, 0.3) is 5.56 Å². The minimum atomic E-state index is -0.743. The van der Waals surface area contributed by atoms with E-state index in [-0.39, 0.29) is 17.9 Å². The third-order valence-corrected chi connectivity index (χ3v) is 6.10. The molecule has 1 unspecified atom stereocenters.